The molecule has 2 unspecified atom stereocenters. The second-order valence-corrected chi connectivity index (χ2v) is 6.21. The summed E-state index contributed by atoms with van der Waals surface area (Å²) in [5, 5.41) is 10.6. The number of likely N-dealkylation sites (tertiary alicyclic amines) is 1. The normalized spacial score (nSPS) is 38.4. The highest BCUT2D eigenvalue weighted by Crippen LogP contribution is 2.40. The third-order valence-electron chi connectivity index (χ3n) is 5.19. The van der Waals surface area contributed by atoms with Crippen molar-refractivity contribution in [3.05, 3.63) is 0 Å². The molecule has 96 valence electrons. The molecule has 0 bridgehead atoms. The average Bonchev–Trinajstić information content (AvgIpc) is 2.25. The molecule has 1 amide bonds. The lowest BCUT2D eigenvalue weighted by molar-refractivity contribution is -0.149. The number of aliphatic hydroxyl groups is 1. The van der Waals surface area contributed by atoms with Gasteiger partial charge in [-0.05, 0) is 32.1 Å². The SMILES string of the molecule is O=C(C1CCC1)N1CCC2(O)CCCCC2C1. The van der Waals surface area contributed by atoms with E-state index < -0.39 is 5.60 Å². The fraction of sp³-hybridized carbons (Fsp3) is 0.929. The molecule has 1 aliphatic heterocycles. The summed E-state index contributed by atoms with van der Waals surface area (Å²) in [6.07, 6.45) is 8.62. The van der Waals surface area contributed by atoms with Gasteiger partial charge in [0.05, 0.1) is 5.60 Å². The molecule has 2 atom stereocenters. The third kappa shape index (κ3) is 1.99. The number of nitrogens with zero attached hydrogens (tertiary/aromatic N) is 1. The maximum atomic E-state index is 12.2. The van der Waals surface area contributed by atoms with Crippen molar-refractivity contribution in [3.8, 4) is 0 Å². The van der Waals surface area contributed by atoms with Gasteiger partial charge in [-0.1, -0.05) is 19.3 Å². The van der Waals surface area contributed by atoms with Crippen LogP contribution in [0.5, 0.6) is 0 Å². The third-order valence-corrected chi connectivity index (χ3v) is 5.19. The molecule has 0 aromatic heterocycles. The number of carbonyl (C=O) groups excluding carboxylic acids is 1. The molecule has 3 aliphatic rings. The van der Waals surface area contributed by atoms with E-state index in [1.54, 1.807) is 0 Å². The first-order chi connectivity index (χ1) is 8.19. The Morgan fingerprint density at radius 1 is 1.12 bits per heavy atom. The Balaban J connectivity index is 1.64. The van der Waals surface area contributed by atoms with Gasteiger partial charge < -0.3 is 10.0 Å². The van der Waals surface area contributed by atoms with Crippen LogP contribution in [0, 0.1) is 11.8 Å². The molecule has 3 fully saturated rings. The molecule has 1 saturated heterocycles. The topological polar surface area (TPSA) is 40.5 Å². The molecule has 0 aromatic carbocycles. The molecule has 0 aromatic rings. The zero-order valence-electron chi connectivity index (χ0n) is 10.5. The van der Waals surface area contributed by atoms with E-state index in [1.807, 2.05) is 4.90 Å². The van der Waals surface area contributed by atoms with Crippen molar-refractivity contribution in [1.29, 1.82) is 0 Å². The van der Waals surface area contributed by atoms with Gasteiger partial charge in [0.25, 0.3) is 0 Å². The summed E-state index contributed by atoms with van der Waals surface area (Å²) < 4.78 is 0. The zero-order valence-corrected chi connectivity index (χ0v) is 10.5. The van der Waals surface area contributed by atoms with Crippen LogP contribution in [0.25, 0.3) is 0 Å². The molecule has 17 heavy (non-hydrogen) atoms. The van der Waals surface area contributed by atoms with Crippen molar-refractivity contribution in [3.63, 3.8) is 0 Å². The van der Waals surface area contributed by atoms with Crippen LogP contribution in [0.4, 0.5) is 0 Å². The van der Waals surface area contributed by atoms with Crippen LogP contribution in [-0.2, 0) is 4.79 Å². The van der Waals surface area contributed by atoms with E-state index in [-0.39, 0.29) is 0 Å². The van der Waals surface area contributed by atoms with Crippen LogP contribution in [0.15, 0.2) is 0 Å². The minimum absolute atomic E-state index is 0.310. The summed E-state index contributed by atoms with van der Waals surface area (Å²) in [5.41, 5.74) is -0.450. The fourth-order valence-electron chi connectivity index (χ4n) is 3.68. The van der Waals surface area contributed by atoms with Crippen LogP contribution >= 0.6 is 0 Å². The van der Waals surface area contributed by atoms with Crippen molar-refractivity contribution in [2.45, 2.75) is 57.0 Å². The molecule has 3 nitrogen and oxygen atoms in total. The van der Waals surface area contributed by atoms with Gasteiger partial charge in [0, 0.05) is 24.9 Å². The summed E-state index contributed by atoms with van der Waals surface area (Å²) >= 11 is 0. The van der Waals surface area contributed by atoms with Crippen LogP contribution in [-0.4, -0.2) is 34.6 Å². The van der Waals surface area contributed by atoms with Crippen molar-refractivity contribution < 1.29 is 9.90 Å². The highest BCUT2D eigenvalue weighted by Gasteiger charge is 2.44. The van der Waals surface area contributed by atoms with Crippen LogP contribution in [0.2, 0.25) is 0 Å². The summed E-state index contributed by atoms with van der Waals surface area (Å²) in [6.45, 7) is 1.59. The molecule has 3 rings (SSSR count). The number of piperidine rings is 1. The first-order valence-corrected chi connectivity index (χ1v) is 7.20. The number of hydrogen-bond acceptors (Lipinski definition) is 2. The van der Waals surface area contributed by atoms with Gasteiger partial charge in [0.1, 0.15) is 0 Å². The molecule has 1 N–H and O–H groups in total. The van der Waals surface area contributed by atoms with Crippen LogP contribution < -0.4 is 0 Å². The lowest BCUT2D eigenvalue weighted by Gasteiger charge is -2.48. The molecule has 0 radical (unpaired) electrons. The van der Waals surface area contributed by atoms with Gasteiger partial charge in [-0.3, -0.25) is 4.79 Å². The van der Waals surface area contributed by atoms with E-state index in [4.69, 9.17) is 0 Å². The minimum atomic E-state index is -0.450. The monoisotopic (exact) mass is 237 g/mol. The van der Waals surface area contributed by atoms with Crippen LogP contribution in [0.1, 0.15) is 51.4 Å². The smallest absolute Gasteiger partial charge is 0.225 e. The summed E-state index contributed by atoms with van der Waals surface area (Å²) in [5.74, 6) is 1.02. The summed E-state index contributed by atoms with van der Waals surface area (Å²) in [6, 6.07) is 0. The molecular formula is C14H23NO2. The highest BCUT2D eigenvalue weighted by molar-refractivity contribution is 5.79. The molecule has 2 saturated carbocycles. The molecule has 1 heterocycles. The number of fused-ring (bicyclic) bond motifs is 1. The Bertz CT molecular complexity index is 313. The average molecular weight is 237 g/mol. The predicted molar refractivity (Wildman–Crippen MR) is 65.4 cm³/mol. The van der Waals surface area contributed by atoms with Crippen molar-refractivity contribution in [1.82, 2.24) is 4.90 Å². The van der Waals surface area contributed by atoms with E-state index in [9.17, 15) is 9.90 Å². The van der Waals surface area contributed by atoms with E-state index in [0.29, 0.717) is 17.7 Å². The zero-order chi connectivity index (χ0) is 11.9. The minimum Gasteiger partial charge on any atom is -0.389 e. The molecule has 3 heteroatoms. The largest absolute Gasteiger partial charge is 0.389 e. The number of carbonyl (C=O) groups is 1. The van der Waals surface area contributed by atoms with Crippen LogP contribution in [0.3, 0.4) is 0 Å². The summed E-state index contributed by atoms with van der Waals surface area (Å²) in [4.78, 5) is 14.2. The number of hydrogen-bond donors (Lipinski definition) is 1. The van der Waals surface area contributed by atoms with Crippen molar-refractivity contribution in [2.75, 3.05) is 13.1 Å². The van der Waals surface area contributed by atoms with Gasteiger partial charge in [-0.25, -0.2) is 0 Å². The Labute approximate surface area is 103 Å². The van der Waals surface area contributed by atoms with Crippen molar-refractivity contribution >= 4 is 5.91 Å². The van der Waals surface area contributed by atoms with E-state index in [1.165, 1.54) is 12.8 Å². The van der Waals surface area contributed by atoms with Gasteiger partial charge >= 0.3 is 0 Å². The Morgan fingerprint density at radius 3 is 2.65 bits per heavy atom. The number of amides is 1. The first-order valence-electron chi connectivity index (χ1n) is 7.20. The maximum absolute atomic E-state index is 12.2. The Morgan fingerprint density at radius 2 is 1.94 bits per heavy atom. The maximum Gasteiger partial charge on any atom is 0.225 e. The fourth-order valence-corrected chi connectivity index (χ4v) is 3.68. The van der Waals surface area contributed by atoms with Gasteiger partial charge in [-0.15, -0.1) is 0 Å². The lowest BCUT2D eigenvalue weighted by atomic mass is 9.71. The molecule has 0 spiro atoms. The molecular weight excluding hydrogens is 214 g/mol. The second-order valence-electron chi connectivity index (χ2n) is 6.21. The van der Waals surface area contributed by atoms with Gasteiger partial charge in [0.2, 0.25) is 5.91 Å². The van der Waals surface area contributed by atoms with E-state index in [2.05, 4.69) is 0 Å². The van der Waals surface area contributed by atoms with Crippen molar-refractivity contribution in [2.24, 2.45) is 11.8 Å². The quantitative estimate of drug-likeness (QED) is 0.757. The van der Waals surface area contributed by atoms with E-state index in [0.717, 1.165) is 51.6 Å². The second kappa shape index (κ2) is 4.27. The number of rotatable bonds is 1. The molecule has 2 aliphatic carbocycles. The Hall–Kier alpha value is -0.570. The standard InChI is InChI=1S/C14H23NO2/c16-13(11-4-3-5-11)15-9-8-14(17)7-2-1-6-12(14)10-15/h11-12,17H,1-10H2. The Kier molecular flexibility index (Phi) is 2.89. The first kappa shape index (κ1) is 11.5. The lowest BCUT2D eigenvalue weighted by Crippen LogP contribution is -2.56. The van der Waals surface area contributed by atoms with Gasteiger partial charge in [0.15, 0.2) is 0 Å². The van der Waals surface area contributed by atoms with Gasteiger partial charge in [-0.2, -0.15) is 0 Å². The summed E-state index contributed by atoms with van der Waals surface area (Å²) in [7, 11) is 0. The predicted octanol–water partition coefficient (Wildman–Crippen LogP) is 1.94. The highest BCUT2D eigenvalue weighted by atomic mass is 16.3. The van der Waals surface area contributed by atoms with E-state index >= 15 is 0 Å².